The highest BCUT2D eigenvalue weighted by molar-refractivity contribution is 6.05. The van der Waals surface area contributed by atoms with Crippen LogP contribution in [0.2, 0.25) is 0 Å². The van der Waals surface area contributed by atoms with Crippen LogP contribution < -0.4 is 10.6 Å². The Morgan fingerprint density at radius 1 is 1.15 bits per heavy atom. The molecule has 0 saturated carbocycles. The number of rotatable bonds is 6. The minimum absolute atomic E-state index is 0.234. The molecule has 0 aliphatic carbocycles. The summed E-state index contributed by atoms with van der Waals surface area (Å²) in [5.41, 5.74) is 3.86. The van der Waals surface area contributed by atoms with Gasteiger partial charge in [0.1, 0.15) is 0 Å². The van der Waals surface area contributed by atoms with E-state index in [0.717, 1.165) is 16.7 Å². The monoisotopic (exact) mass is 360 g/mol. The summed E-state index contributed by atoms with van der Waals surface area (Å²) >= 11 is 0. The number of nitrogens with zero attached hydrogens (tertiary/aromatic N) is 2. The molecule has 3 aromatic rings. The predicted octanol–water partition coefficient (Wildman–Crippen LogP) is 3.14. The van der Waals surface area contributed by atoms with Gasteiger partial charge in [0.25, 0.3) is 5.91 Å². The van der Waals surface area contributed by atoms with Gasteiger partial charge in [-0.3, -0.25) is 14.3 Å². The molecule has 0 fully saturated rings. The third-order valence-electron chi connectivity index (χ3n) is 4.06. The molecule has 2 N–H and O–H groups in total. The molecule has 1 heterocycles. The third-order valence-corrected chi connectivity index (χ3v) is 4.06. The third kappa shape index (κ3) is 4.49. The number of hydrogen-bond acceptors (Lipinski definition) is 3. The fraction of sp³-hybridized carbons (Fsp3) is 0.0952. The smallest absolute Gasteiger partial charge is 0.256 e. The minimum Gasteiger partial charge on any atom is -0.348 e. The Kier molecular flexibility index (Phi) is 5.47. The Morgan fingerprint density at radius 2 is 1.96 bits per heavy atom. The van der Waals surface area contributed by atoms with Crippen LogP contribution in [-0.2, 0) is 18.4 Å². The summed E-state index contributed by atoms with van der Waals surface area (Å²) in [4.78, 5) is 24.1. The molecule has 0 saturated heterocycles. The number of anilines is 1. The number of carbonyl (C=O) groups excluding carboxylic acids is 2. The fourth-order valence-electron chi connectivity index (χ4n) is 2.70. The first-order valence-corrected chi connectivity index (χ1v) is 8.45. The van der Waals surface area contributed by atoms with Gasteiger partial charge in [-0.25, -0.2) is 0 Å². The highest BCUT2D eigenvalue weighted by Gasteiger charge is 2.12. The molecule has 6 nitrogen and oxygen atoms in total. The van der Waals surface area contributed by atoms with Crippen LogP contribution >= 0.6 is 0 Å². The molecule has 6 heteroatoms. The maximum Gasteiger partial charge on any atom is 0.256 e. The highest BCUT2D eigenvalue weighted by atomic mass is 16.2. The number of nitrogens with one attached hydrogen (secondary N) is 2. The molecule has 136 valence electrons. The summed E-state index contributed by atoms with van der Waals surface area (Å²) in [5.74, 6) is -0.517. The van der Waals surface area contributed by atoms with E-state index in [0.29, 0.717) is 11.3 Å². The molecule has 0 radical (unpaired) electrons. The zero-order valence-electron chi connectivity index (χ0n) is 15.0. The van der Waals surface area contributed by atoms with Gasteiger partial charge in [0, 0.05) is 36.6 Å². The van der Waals surface area contributed by atoms with E-state index in [2.05, 4.69) is 22.3 Å². The summed E-state index contributed by atoms with van der Waals surface area (Å²) in [6.45, 7) is 3.68. The number of aromatic nitrogens is 2. The van der Waals surface area contributed by atoms with E-state index in [4.69, 9.17) is 0 Å². The quantitative estimate of drug-likeness (QED) is 0.663. The zero-order valence-corrected chi connectivity index (χ0v) is 15.0. The SMILES string of the molecule is C=CC(=O)NCc1ccccc1C(=O)Nc1cccc(-c2cnn(C)c2)c1. The molecule has 1 aromatic heterocycles. The molecule has 27 heavy (non-hydrogen) atoms. The number of carbonyl (C=O) groups is 2. The Hall–Kier alpha value is -3.67. The molecular weight excluding hydrogens is 340 g/mol. The van der Waals surface area contributed by atoms with Crippen LogP contribution in [0.1, 0.15) is 15.9 Å². The Labute approximate surface area is 157 Å². The number of aryl methyl sites for hydroxylation is 1. The van der Waals surface area contributed by atoms with E-state index in [9.17, 15) is 9.59 Å². The maximum absolute atomic E-state index is 12.7. The number of amides is 2. The molecule has 2 aromatic carbocycles. The van der Waals surface area contributed by atoms with E-state index in [1.54, 1.807) is 23.0 Å². The maximum atomic E-state index is 12.7. The normalized spacial score (nSPS) is 10.3. The van der Waals surface area contributed by atoms with Crippen LogP contribution in [0.3, 0.4) is 0 Å². The molecule has 0 unspecified atom stereocenters. The second-order valence-electron chi connectivity index (χ2n) is 6.02. The molecule has 0 aliphatic heterocycles. The van der Waals surface area contributed by atoms with Gasteiger partial charge >= 0.3 is 0 Å². The Balaban J connectivity index is 1.78. The predicted molar refractivity (Wildman–Crippen MR) is 105 cm³/mol. The zero-order chi connectivity index (χ0) is 19.2. The van der Waals surface area contributed by atoms with Crippen LogP contribution in [0, 0.1) is 0 Å². The van der Waals surface area contributed by atoms with Crippen LogP contribution in [0.15, 0.2) is 73.6 Å². The van der Waals surface area contributed by atoms with Gasteiger partial charge < -0.3 is 10.6 Å². The first-order valence-electron chi connectivity index (χ1n) is 8.45. The molecule has 2 amide bonds. The average Bonchev–Trinajstić information content (AvgIpc) is 3.13. The van der Waals surface area contributed by atoms with E-state index in [-0.39, 0.29) is 18.4 Å². The molecule has 0 spiro atoms. The summed E-state index contributed by atoms with van der Waals surface area (Å²) in [6, 6.07) is 14.7. The first-order chi connectivity index (χ1) is 13.1. The van der Waals surface area contributed by atoms with Gasteiger partial charge in [0.15, 0.2) is 0 Å². The largest absolute Gasteiger partial charge is 0.348 e. The summed E-state index contributed by atoms with van der Waals surface area (Å²) in [7, 11) is 1.86. The van der Waals surface area contributed by atoms with Gasteiger partial charge in [0.2, 0.25) is 5.91 Å². The van der Waals surface area contributed by atoms with Crippen molar-refractivity contribution < 1.29 is 9.59 Å². The van der Waals surface area contributed by atoms with E-state index in [1.165, 1.54) is 6.08 Å². The van der Waals surface area contributed by atoms with Crippen molar-refractivity contribution in [3.8, 4) is 11.1 Å². The summed E-state index contributed by atoms with van der Waals surface area (Å²) in [6.07, 6.45) is 4.89. The fourth-order valence-corrected chi connectivity index (χ4v) is 2.70. The lowest BCUT2D eigenvalue weighted by Gasteiger charge is -2.11. The standard InChI is InChI=1S/C21H20N4O2/c1-3-20(26)22-12-16-7-4-5-10-19(16)21(27)24-18-9-6-8-15(11-18)17-13-23-25(2)14-17/h3-11,13-14H,1,12H2,2H3,(H,22,26)(H,24,27). The Bertz CT molecular complexity index is 991. The van der Waals surface area contributed by atoms with Crippen LogP contribution in [0.5, 0.6) is 0 Å². The minimum atomic E-state index is -0.283. The lowest BCUT2D eigenvalue weighted by atomic mass is 10.1. The highest BCUT2D eigenvalue weighted by Crippen LogP contribution is 2.22. The first kappa shape index (κ1) is 18.1. The van der Waals surface area contributed by atoms with Crippen molar-refractivity contribution in [2.75, 3.05) is 5.32 Å². The second kappa shape index (κ2) is 8.14. The van der Waals surface area contributed by atoms with Crippen molar-refractivity contribution in [3.05, 3.63) is 84.7 Å². The molecule has 0 aliphatic rings. The van der Waals surface area contributed by atoms with Crippen molar-refractivity contribution in [2.45, 2.75) is 6.54 Å². The van der Waals surface area contributed by atoms with E-state index < -0.39 is 0 Å². The molecule has 0 atom stereocenters. The van der Waals surface area contributed by atoms with E-state index >= 15 is 0 Å². The average molecular weight is 360 g/mol. The van der Waals surface area contributed by atoms with Gasteiger partial charge in [-0.1, -0.05) is 36.9 Å². The van der Waals surface area contributed by atoms with Gasteiger partial charge in [0.05, 0.1) is 6.20 Å². The van der Waals surface area contributed by atoms with Gasteiger partial charge in [-0.05, 0) is 35.4 Å². The van der Waals surface area contributed by atoms with Gasteiger partial charge in [-0.2, -0.15) is 5.10 Å². The van der Waals surface area contributed by atoms with Crippen molar-refractivity contribution in [2.24, 2.45) is 7.05 Å². The Morgan fingerprint density at radius 3 is 2.70 bits per heavy atom. The lowest BCUT2D eigenvalue weighted by molar-refractivity contribution is -0.116. The van der Waals surface area contributed by atoms with Crippen LogP contribution in [0.25, 0.3) is 11.1 Å². The van der Waals surface area contributed by atoms with Crippen LogP contribution in [0.4, 0.5) is 5.69 Å². The lowest BCUT2D eigenvalue weighted by Crippen LogP contribution is -2.22. The topological polar surface area (TPSA) is 76.0 Å². The number of hydrogen-bond donors (Lipinski definition) is 2. The van der Waals surface area contributed by atoms with Gasteiger partial charge in [-0.15, -0.1) is 0 Å². The summed E-state index contributed by atoms with van der Waals surface area (Å²) in [5, 5.41) is 9.78. The number of benzene rings is 2. The van der Waals surface area contributed by atoms with Crippen LogP contribution in [-0.4, -0.2) is 21.6 Å². The van der Waals surface area contributed by atoms with Crippen molar-refractivity contribution in [3.63, 3.8) is 0 Å². The second-order valence-corrected chi connectivity index (χ2v) is 6.02. The van der Waals surface area contributed by atoms with Crippen molar-refractivity contribution in [1.82, 2.24) is 15.1 Å². The summed E-state index contributed by atoms with van der Waals surface area (Å²) < 4.78 is 1.73. The van der Waals surface area contributed by atoms with Crippen molar-refractivity contribution in [1.29, 1.82) is 0 Å². The van der Waals surface area contributed by atoms with Crippen molar-refractivity contribution >= 4 is 17.5 Å². The molecular formula is C21H20N4O2. The molecule has 3 rings (SSSR count). The molecule has 0 bridgehead atoms. The van der Waals surface area contributed by atoms with E-state index in [1.807, 2.05) is 49.6 Å².